The number of carbonyl (C=O) groups is 2. The Hall–Kier alpha value is -1.58. The van der Waals surface area contributed by atoms with E-state index < -0.39 is 5.97 Å². The van der Waals surface area contributed by atoms with Crippen LogP contribution in [0.5, 0.6) is 0 Å². The molecule has 19 heavy (non-hydrogen) atoms. The molecule has 0 saturated carbocycles. The molecule has 0 spiro atoms. The van der Waals surface area contributed by atoms with Crippen molar-refractivity contribution in [3.63, 3.8) is 0 Å². The Morgan fingerprint density at radius 3 is 2.42 bits per heavy atom. The maximum atomic E-state index is 10.7. The Morgan fingerprint density at radius 2 is 1.89 bits per heavy atom. The fraction of sp³-hybridized carbons (Fsp3) is 0.600. The second-order valence-corrected chi connectivity index (χ2v) is 4.63. The molecule has 0 radical (unpaired) electrons. The summed E-state index contributed by atoms with van der Waals surface area (Å²) in [5, 5.41) is 8.76. The minimum Gasteiger partial charge on any atom is -0.481 e. The van der Waals surface area contributed by atoms with Crippen molar-refractivity contribution in [2.24, 2.45) is 0 Å². The van der Waals surface area contributed by atoms with Gasteiger partial charge in [-0.1, -0.05) is 32.3 Å². The first-order valence-electron chi connectivity index (χ1n) is 6.71. The highest BCUT2D eigenvalue weighted by atomic mass is 16.5. The van der Waals surface area contributed by atoms with E-state index >= 15 is 0 Å². The predicted octanol–water partition coefficient (Wildman–Crippen LogP) is 3.82. The van der Waals surface area contributed by atoms with Gasteiger partial charge < -0.3 is 9.84 Å². The standard InChI is InChI=1S/C15H24O4/c1-4-5-6-7-8-9-12(2)15(19-11-16)13(3)10-14(17)18/h9,11H,4-8,10H2,1-3H3,(H,17,18)/b12-9+,15-13+. The van der Waals surface area contributed by atoms with Crippen molar-refractivity contribution in [3.05, 3.63) is 23.0 Å². The predicted molar refractivity (Wildman–Crippen MR) is 74.6 cm³/mol. The minimum absolute atomic E-state index is 0.121. The third-order valence-electron chi connectivity index (χ3n) is 2.84. The summed E-state index contributed by atoms with van der Waals surface area (Å²) in [5.74, 6) is -0.548. The first kappa shape index (κ1) is 17.4. The second kappa shape index (κ2) is 10.4. The molecule has 0 aliphatic rings. The zero-order valence-corrected chi connectivity index (χ0v) is 12.1. The third kappa shape index (κ3) is 8.19. The molecular formula is C15H24O4. The molecule has 0 aliphatic heterocycles. The van der Waals surface area contributed by atoms with Crippen LogP contribution in [0.2, 0.25) is 0 Å². The van der Waals surface area contributed by atoms with E-state index in [0.717, 1.165) is 18.4 Å². The van der Waals surface area contributed by atoms with Crippen LogP contribution >= 0.6 is 0 Å². The zero-order chi connectivity index (χ0) is 14.7. The fourth-order valence-corrected chi connectivity index (χ4v) is 1.87. The molecule has 0 aromatic heterocycles. The van der Waals surface area contributed by atoms with Gasteiger partial charge in [-0.2, -0.15) is 0 Å². The highest BCUT2D eigenvalue weighted by Crippen LogP contribution is 2.19. The topological polar surface area (TPSA) is 63.6 Å². The van der Waals surface area contributed by atoms with Crippen LogP contribution in [0.3, 0.4) is 0 Å². The van der Waals surface area contributed by atoms with Gasteiger partial charge in [0.05, 0.1) is 6.42 Å². The van der Waals surface area contributed by atoms with Crippen LogP contribution in [0.1, 0.15) is 59.3 Å². The van der Waals surface area contributed by atoms with Gasteiger partial charge in [-0.25, -0.2) is 0 Å². The molecule has 0 rings (SSSR count). The van der Waals surface area contributed by atoms with Crippen LogP contribution in [-0.4, -0.2) is 17.5 Å². The average Bonchev–Trinajstić information content (AvgIpc) is 2.34. The summed E-state index contributed by atoms with van der Waals surface area (Å²) in [7, 11) is 0. The van der Waals surface area contributed by atoms with Crippen molar-refractivity contribution in [3.8, 4) is 0 Å². The van der Waals surface area contributed by atoms with Crippen LogP contribution in [0.25, 0.3) is 0 Å². The number of rotatable bonds is 10. The molecule has 0 bridgehead atoms. The summed E-state index contributed by atoms with van der Waals surface area (Å²) < 4.78 is 4.91. The van der Waals surface area contributed by atoms with Gasteiger partial charge in [-0.15, -0.1) is 0 Å². The summed E-state index contributed by atoms with van der Waals surface area (Å²) in [6.45, 7) is 6.01. The van der Waals surface area contributed by atoms with Crippen molar-refractivity contribution >= 4 is 12.4 Å². The van der Waals surface area contributed by atoms with Crippen molar-refractivity contribution in [2.75, 3.05) is 0 Å². The van der Waals surface area contributed by atoms with E-state index in [9.17, 15) is 9.59 Å². The number of carboxylic acid groups (broad SMARTS) is 1. The molecule has 0 fully saturated rings. The quantitative estimate of drug-likeness (QED) is 0.283. The molecule has 0 aromatic carbocycles. The van der Waals surface area contributed by atoms with Gasteiger partial charge in [-0.05, 0) is 37.8 Å². The molecule has 0 amide bonds. The van der Waals surface area contributed by atoms with E-state index in [4.69, 9.17) is 9.84 Å². The molecule has 1 N–H and O–H groups in total. The number of allylic oxidation sites excluding steroid dienone is 2. The van der Waals surface area contributed by atoms with Crippen LogP contribution in [0, 0.1) is 0 Å². The summed E-state index contributed by atoms with van der Waals surface area (Å²) in [5.41, 5.74) is 1.38. The lowest BCUT2D eigenvalue weighted by Gasteiger charge is -2.09. The number of hydrogen-bond acceptors (Lipinski definition) is 3. The molecule has 4 heteroatoms. The zero-order valence-electron chi connectivity index (χ0n) is 12.1. The Bertz CT molecular complexity index is 353. The summed E-state index contributed by atoms with van der Waals surface area (Å²) in [6.07, 6.45) is 7.49. The van der Waals surface area contributed by atoms with Gasteiger partial charge >= 0.3 is 5.97 Å². The largest absolute Gasteiger partial charge is 0.481 e. The smallest absolute Gasteiger partial charge is 0.307 e. The van der Waals surface area contributed by atoms with Gasteiger partial charge in [0.15, 0.2) is 0 Å². The van der Waals surface area contributed by atoms with Gasteiger partial charge in [-0.3, -0.25) is 9.59 Å². The maximum absolute atomic E-state index is 10.7. The van der Waals surface area contributed by atoms with E-state index in [1.807, 2.05) is 13.0 Å². The SMILES string of the molecule is CCCCCC/C=C(C)/C(OC=O)=C(/C)CC(=O)O. The lowest BCUT2D eigenvalue weighted by atomic mass is 10.1. The monoisotopic (exact) mass is 268 g/mol. The van der Waals surface area contributed by atoms with Crippen LogP contribution in [0.15, 0.2) is 23.0 Å². The molecule has 0 heterocycles. The Labute approximate surface area is 115 Å². The fourth-order valence-electron chi connectivity index (χ4n) is 1.87. The molecule has 0 aliphatic carbocycles. The van der Waals surface area contributed by atoms with Crippen LogP contribution < -0.4 is 0 Å². The van der Waals surface area contributed by atoms with Gasteiger partial charge in [0.1, 0.15) is 5.76 Å². The molecule has 4 nitrogen and oxygen atoms in total. The number of carboxylic acids is 1. The normalized spacial score (nSPS) is 12.9. The van der Waals surface area contributed by atoms with Crippen molar-refractivity contribution < 1.29 is 19.4 Å². The number of unbranched alkanes of at least 4 members (excludes halogenated alkanes) is 4. The van der Waals surface area contributed by atoms with E-state index in [2.05, 4.69) is 6.92 Å². The Morgan fingerprint density at radius 1 is 1.21 bits per heavy atom. The van der Waals surface area contributed by atoms with E-state index in [1.54, 1.807) is 6.92 Å². The molecule has 0 atom stereocenters. The number of hydrogen-bond donors (Lipinski definition) is 1. The highest BCUT2D eigenvalue weighted by Gasteiger charge is 2.09. The minimum atomic E-state index is -0.930. The van der Waals surface area contributed by atoms with Crippen LogP contribution in [0.4, 0.5) is 0 Å². The van der Waals surface area contributed by atoms with Gasteiger partial charge in [0.25, 0.3) is 6.47 Å². The Balaban J connectivity index is 4.63. The third-order valence-corrected chi connectivity index (χ3v) is 2.84. The molecular weight excluding hydrogens is 244 g/mol. The number of aliphatic carboxylic acids is 1. The molecule has 0 saturated heterocycles. The molecule has 0 aromatic rings. The van der Waals surface area contributed by atoms with Crippen molar-refractivity contribution in [1.29, 1.82) is 0 Å². The molecule has 0 unspecified atom stereocenters. The van der Waals surface area contributed by atoms with E-state index in [1.165, 1.54) is 19.3 Å². The number of ether oxygens (including phenoxy) is 1. The second-order valence-electron chi connectivity index (χ2n) is 4.63. The summed E-state index contributed by atoms with van der Waals surface area (Å²) >= 11 is 0. The summed E-state index contributed by atoms with van der Waals surface area (Å²) in [4.78, 5) is 21.2. The summed E-state index contributed by atoms with van der Waals surface area (Å²) in [6, 6.07) is 0. The lowest BCUT2D eigenvalue weighted by molar-refractivity contribution is -0.136. The highest BCUT2D eigenvalue weighted by molar-refractivity contribution is 5.70. The van der Waals surface area contributed by atoms with Crippen molar-refractivity contribution in [1.82, 2.24) is 0 Å². The van der Waals surface area contributed by atoms with Crippen molar-refractivity contribution in [2.45, 2.75) is 59.3 Å². The Kier molecular flexibility index (Phi) is 9.49. The molecule has 108 valence electrons. The first-order chi connectivity index (χ1) is 9.02. The first-order valence-corrected chi connectivity index (χ1v) is 6.71. The van der Waals surface area contributed by atoms with E-state index in [-0.39, 0.29) is 6.42 Å². The van der Waals surface area contributed by atoms with Gasteiger partial charge in [0, 0.05) is 0 Å². The van der Waals surface area contributed by atoms with Crippen LogP contribution in [-0.2, 0) is 14.3 Å². The lowest BCUT2D eigenvalue weighted by Crippen LogP contribution is -2.02. The number of carbonyl (C=O) groups excluding carboxylic acids is 1. The average molecular weight is 268 g/mol. The van der Waals surface area contributed by atoms with E-state index in [0.29, 0.717) is 17.8 Å². The maximum Gasteiger partial charge on any atom is 0.307 e. The van der Waals surface area contributed by atoms with Gasteiger partial charge in [0.2, 0.25) is 0 Å².